The van der Waals surface area contributed by atoms with E-state index in [-0.39, 0.29) is 37.7 Å². The van der Waals surface area contributed by atoms with Crippen LogP contribution in [0.2, 0.25) is 0 Å². The number of ether oxygens (including phenoxy) is 1. The highest BCUT2D eigenvalue weighted by Gasteiger charge is 2.32. The van der Waals surface area contributed by atoms with Crippen LogP contribution in [0.25, 0.3) is 5.57 Å². The fourth-order valence-electron chi connectivity index (χ4n) is 3.57. The number of nitro groups is 1. The molecule has 0 saturated heterocycles. The molecular formula is C22H21BrIN3O5. The highest BCUT2D eigenvalue weighted by atomic mass is 127. The third-order valence-electron chi connectivity index (χ3n) is 5.15. The van der Waals surface area contributed by atoms with E-state index in [0.717, 1.165) is 8.04 Å². The van der Waals surface area contributed by atoms with Gasteiger partial charge in [-0.05, 0) is 75.6 Å². The van der Waals surface area contributed by atoms with Gasteiger partial charge in [0.25, 0.3) is 11.6 Å². The van der Waals surface area contributed by atoms with Crippen LogP contribution in [0.4, 0.5) is 16.2 Å². The third kappa shape index (κ3) is 4.96. The van der Waals surface area contributed by atoms with E-state index in [1.54, 1.807) is 32.2 Å². The van der Waals surface area contributed by atoms with Crippen LogP contribution in [-0.2, 0) is 9.53 Å². The van der Waals surface area contributed by atoms with Crippen LogP contribution in [0.15, 0.2) is 52.5 Å². The minimum absolute atomic E-state index is 0.0498. The molecule has 2 aromatic rings. The van der Waals surface area contributed by atoms with E-state index in [4.69, 9.17) is 4.74 Å². The van der Waals surface area contributed by atoms with Crippen LogP contribution in [0.1, 0.15) is 18.9 Å². The van der Waals surface area contributed by atoms with Crippen LogP contribution in [0, 0.1) is 13.7 Å². The Morgan fingerprint density at radius 1 is 1.25 bits per heavy atom. The summed E-state index contributed by atoms with van der Waals surface area (Å²) in [5.41, 5.74) is 1.83. The Hall–Kier alpha value is -2.47. The van der Waals surface area contributed by atoms with Gasteiger partial charge in [-0.15, -0.1) is 0 Å². The highest BCUT2D eigenvalue weighted by Crippen LogP contribution is 2.35. The number of rotatable bonds is 5. The van der Waals surface area contributed by atoms with Crippen molar-refractivity contribution in [3.05, 3.63) is 71.8 Å². The summed E-state index contributed by atoms with van der Waals surface area (Å²) in [6.07, 6.45) is -0.251. The topological polar surface area (TPSA) is 93.0 Å². The fraction of sp³-hybridized carbons (Fsp3) is 0.273. The second-order valence-electron chi connectivity index (χ2n) is 7.04. The zero-order valence-electron chi connectivity index (χ0n) is 17.5. The molecule has 0 unspecified atom stereocenters. The van der Waals surface area contributed by atoms with Crippen molar-refractivity contribution in [1.82, 2.24) is 4.90 Å². The van der Waals surface area contributed by atoms with Gasteiger partial charge in [-0.25, -0.2) is 4.79 Å². The quantitative estimate of drug-likeness (QED) is 0.261. The van der Waals surface area contributed by atoms with Gasteiger partial charge in [0.05, 0.1) is 32.9 Å². The zero-order valence-corrected chi connectivity index (χ0v) is 21.3. The van der Waals surface area contributed by atoms with Crippen molar-refractivity contribution in [3.63, 3.8) is 0 Å². The number of carbonyl (C=O) groups excluding carboxylic acids is 2. The summed E-state index contributed by atoms with van der Waals surface area (Å²) >= 11 is 5.64. The molecule has 0 fully saturated rings. The second kappa shape index (κ2) is 10.4. The van der Waals surface area contributed by atoms with Crippen molar-refractivity contribution < 1.29 is 19.2 Å². The van der Waals surface area contributed by atoms with E-state index in [2.05, 4.69) is 38.5 Å². The van der Waals surface area contributed by atoms with Gasteiger partial charge in [-0.3, -0.25) is 14.9 Å². The largest absolute Gasteiger partial charge is 0.450 e. The Morgan fingerprint density at radius 3 is 2.66 bits per heavy atom. The molecule has 1 aliphatic rings. The van der Waals surface area contributed by atoms with Crippen molar-refractivity contribution in [1.29, 1.82) is 0 Å². The summed E-state index contributed by atoms with van der Waals surface area (Å²) in [5.74, 6) is -0.266. The molecule has 0 N–H and O–H groups in total. The summed E-state index contributed by atoms with van der Waals surface area (Å²) in [4.78, 5) is 40.1. The average Bonchev–Trinajstić information content (AvgIpc) is 2.79. The summed E-state index contributed by atoms with van der Waals surface area (Å²) in [6, 6.07) is 11.8. The van der Waals surface area contributed by atoms with E-state index in [1.807, 2.05) is 18.2 Å². The highest BCUT2D eigenvalue weighted by molar-refractivity contribution is 14.1. The molecule has 8 nitrogen and oxygen atoms in total. The lowest BCUT2D eigenvalue weighted by Gasteiger charge is -2.31. The molecule has 1 heterocycles. The molecule has 0 atom stereocenters. The average molecular weight is 614 g/mol. The molecule has 0 bridgehead atoms. The Bertz CT molecular complexity index is 1100. The fourth-order valence-corrected chi connectivity index (χ4v) is 4.65. The van der Waals surface area contributed by atoms with E-state index in [9.17, 15) is 19.7 Å². The summed E-state index contributed by atoms with van der Waals surface area (Å²) in [6.45, 7) is 2.27. The molecule has 0 aliphatic carbocycles. The number of carbonyl (C=O) groups is 2. The maximum absolute atomic E-state index is 13.6. The normalized spacial score (nSPS) is 13.7. The Morgan fingerprint density at radius 2 is 1.97 bits per heavy atom. The predicted molar refractivity (Wildman–Crippen MR) is 133 cm³/mol. The first-order valence-electron chi connectivity index (χ1n) is 9.85. The van der Waals surface area contributed by atoms with E-state index in [1.165, 1.54) is 15.9 Å². The molecule has 0 aromatic heterocycles. The van der Waals surface area contributed by atoms with Gasteiger partial charge in [0, 0.05) is 29.7 Å². The number of para-hydroxylation sites is 1. The predicted octanol–water partition coefficient (Wildman–Crippen LogP) is 5.24. The van der Waals surface area contributed by atoms with Crippen LogP contribution in [-0.4, -0.2) is 48.6 Å². The zero-order chi connectivity index (χ0) is 23.4. The summed E-state index contributed by atoms with van der Waals surface area (Å²) < 4.78 is 6.85. The maximum Gasteiger partial charge on any atom is 0.410 e. The second-order valence-corrected chi connectivity index (χ2v) is 8.97. The minimum atomic E-state index is -0.509. The Labute approximate surface area is 207 Å². The molecule has 3 rings (SSSR count). The standard InChI is InChI=1S/C22H21BrIN3O5/c1-3-32-22(29)26-12-11-15(16(13-26)14-7-4-5-9-18(14)27(30)31)21(28)25(2)19-10-6-8-17(23)20(19)24/h4-10H,3,11-13H2,1-2H3. The minimum Gasteiger partial charge on any atom is -0.450 e. The molecule has 10 heteroatoms. The smallest absolute Gasteiger partial charge is 0.410 e. The van der Waals surface area contributed by atoms with Crippen molar-refractivity contribution in [2.45, 2.75) is 13.3 Å². The Kier molecular flexibility index (Phi) is 7.88. The van der Waals surface area contributed by atoms with Gasteiger partial charge in [-0.1, -0.05) is 18.2 Å². The number of hydrogen-bond acceptors (Lipinski definition) is 5. The number of amides is 2. The lowest BCUT2D eigenvalue weighted by Crippen LogP contribution is -2.40. The lowest BCUT2D eigenvalue weighted by molar-refractivity contribution is -0.385. The molecule has 1 aliphatic heterocycles. The lowest BCUT2D eigenvalue weighted by atomic mass is 9.92. The van der Waals surface area contributed by atoms with Crippen molar-refractivity contribution in [2.75, 3.05) is 31.6 Å². The molecule has 0 saturated carbocycles. The van der Waals surface area contributed by atoms with Crippen LogP contribution < -0.4 is 4.90 Å². The molecule has 0 spiro atoms. The molecular weight excluding hydrogens is 593 g/mol. The van der Waals surface area contributed by atoms with Crippen molar-refractivity contribution >= 4 is 67.5 Å². The van der Waals surface area contributed by atoms with E-state index < -0.39 is 11.0 Å². The van der Waals surface area contributed by atoms with Crippen LogP contribution >= 0.6 is 38.5 Å². The first-order chi connectivity index (χ1) is 15.3. The summed E-state index contributed by atoms with van der Waals surface area (Å²) in [7, 11) is 1.67. The number of anilines is 1. The van der Waals surface area contributed by atoms with E-state index >= 15 is 0 Å². The van der Waals surface area contributed by atoms with Gasteiger partial charge in [0.1, 0.15) is 0 Å². The van der Waals surface area contributed by atoms with Crippen molar-refractivity contribution in [2.24, 2.45) is 0 Å². The molecule has 0 radical (unpaired) electrons. The van der Waals surface area contributed by atoms with E-state index in [0.29, 0.717) is 22.4 Å². The first-order valence-corrected chi connectivity index (χ1v) is 11.7. The number of likely N-dealkylation sites (N-methyl/N-ethyl adjacent to an activating group) is 1. The Balaban J connectivity index is 2.11. The number of benzene rings is 2. The summed E-state index contributed by atoms with van der Waals surface area (Å²) in [5, 5.41) is 11.7. The van der Waals surface area contributed by atoms with Gasteiger partial charge in [0.15, 0.2) is 0 Å². The number of nitrogens with zero attached hydrogens (tertiary/aromatic N) is 3. The molecule has 2 amide bonds. The third-order valence-corrected chi connectivity index (χ3v) is 7.69. The van der Waals surface area contributed by atoms with Gasteiger partial charge in [-0.2, -0.15) is 0 Å². The van der Waals surface area contributed by atoms with Gasteiger partial charge < -0.3 is 14.5 Å². The first kappa shape index (κ1) is 24.2. The molecule has 168 valence electrons. The van der Waals surface area contributed by atoms with Gasteiger partial charge >= 0.3 is 6.09 Å². The number of nitro benzene ring substituents is 1. The van der Waals surface area contributed by atoms with Crippen molar-refractivity contribution in [3.8, 4) is 0 Å². The SMILES string of the molecule is CCOC(=O)N1CCC(C(=O)N(C)c2cccc(Br)c2I)=C(c2ccccc2[N+](=O)[O-])C1. The van der Waals surface area contributed by atoms with Crippen LogP contribution in [0.3, 0.4) is 0 Å². The van der Waals surface area contributed by atoms with Gasteiger partial charge in [0.2, 0.25) is 0 Å². The monoisotopic (exact) mass is 613 g/mol. The maximum atomic E-state index is 13.6. The molecule has 2 aromatic carbocycles. The van der Waals surface area contributed by atoms with Crippen LogP contribution in [0.5, 0.6) is 0 Å². The molecule has 32 heavy (non-hydrogen) atoms. The number of hydrogen-bond donors (Lipinski definition) is 0. The number of halogens is 2.